The van der Waals surface area contributed by atoms with E-state index in [1.54, 1.807) is 36.4 Å². The van der Waals surface area contributed by atoms with Crippen molar-refractivity contribution in [1.82, 2.24) is 4.98 Å². The summed E-state index contributed by atoms with van der Waals surface area (Å²) in [6.45, 7) is 0. The van der Waals surface area contributed by atoms with Gasteiger partial charge in [0.05, 0.1) is 16.0 Å². The van der Waals surface area contributed by atoms with Gasteiger partial charge in [0.2, 0.25) is 5.91 Å². The van der Waals surface area contributed by atoms with Crippen LogP contribution in [0.1, 0.15) is 10.4 Å². The Bertz CT molecular complexity index is 1260. The molecule has 1 heterocycles. The monoisotopic (exact) mass is 453 g/mol. The van der Waals surface area contributed by atoms with Crippen molar-refractivity contribution in [2.45, 2.75) is 4.90 Å². The zero-order valence-corrected chi connectivity index (χ0v) is 17.6. The van der Waals surface area contributed by atoms with E-state index in [9.17, 15) is 19.1 Å². The highest BCUT2D eigenvalue weighted by atomic mass is 32.2. The molecule has 0 radical (unpaired) electrons. The highest BCUT2D eigenvalue weighted by Gasteiger charge is 2.11. The number of phenolic OH excluding ortho intramolecular Hbond substituents is 1. The Hall–Kier alpha value is -3.43. The maximum Gasteiger partial charge on any atom is 0.257 e. The molecule has 0 unspecified atom stereocenters. The molecule has 0 atom stereocenters. The van der Waals surface area contributed by atoms with Gasteiger partial charge in [-0.15, -0.1) is 11.8 Å². The number of rotatable bonds is 6. The predicted molar refractivity (Wildman–Crippen MR) is 121 cm³/mol. The molecule has 9 heteroatoms. The lowest BCUT2D eigenvalue weighted by atomic mass is 10.2. The Morgan fingerprint density at radius 2 is 1.84 bits per heavy atom. The van der Waals surface area contributed by atoms with E-state index in [4.69, 9.17) is 0 Å². The van der Waals surface area contributed by atoms with Gasteiger partial charge in [0, 0.05) is 16.1 Å². The van der Waals surface area contributed by atoms with Gasteiger partial charge in [-0.25, -0.2) is 9.37 Å². The van der Waals surface area contributed by atoms with Crippen molar-refractivity contribution in [3.05, 3.63) is 78.1 Å². The number of nitrogens with zero attached hydrogens (tertiary/aromatic N) is 1. The minimum Gasteiger partial charge on any atom is -0.508 e. The van der Waals surface area contributed by atoms with Crippen LogP contribution in [-0.4, -0.2) is 27.7 Å². The van der Waals surface area contributed by atoms with Crippen molar-refractivity contribution < 1.29 is 19.1 Å². The quantitative estimate of drug-likeness (QED) is 0.352. The summed E-state index contributed by atoms with van der Waals surface area (Å²) in [5.74, 6) is -0.614. The molecule has 0 fully saturated rings. The van der Waals surface area contributed by atoms with Gasteiger partial charge in [-0.05, 0) is 60.7 Å². The lowest BCUT2D eigenvalue weighted by Crippen LogP contribution is -2.13. The van der Waals surface area contributed by atoms with Crippen LogP contribution in [0.2, 0.25) is 0 Å². The first-order chi connectivity index (χ1) is 15.0. The number of aromatic nitrogens is 1. The summed E-state index contributed by atoms with van der Waals surface area (Å²) in [6.07, 6.45) is 0. The van der Waals surface area contributed by atoms with E-state index >= 15 is 0 Å². The second-order valence-electron chi connectivity index (χ2n) is 6.50. The molecular weight excluding hydrogens is 437 g/mol. The summed E-state index contributed by atoms with van der Waals surface area (Å²) in [6, 6.07) is 17.3. The number of hydrogen-bond acceptors (Lipinski definition) is 6. The van der Waals surface area contributed by atoms with Crippen LogP contribution in [0.4, 0.5) is 15.2 Å². The molecule has 3 aromatic carbocycles. The highest BCUT2D eigenvalue weighted by molar-refractivity contribution is 8.00. The average Bonchev–Trinajstić information content (AvgIpc) is 3.14. The second-order valence-corrected chi connectivity index (χ2v) is 8.58. The third-order valence-electron chi connectivity index (χ3n) is 4.19. The van der Waals surface area contributed by atoms with Crippen LogP contribution >= 0.6 is 23.1 Å². The first-order valence-electron chi connectivity index (χ1n) is 9.15. The number of anilines is 2. The Balaban J connectivity index is 1.39. The number of nitrogens with one attached hydrogen (secondary N) is 2. The van der Waals surface area contributed by atoms with Gasteiger partial charge in [-0.2, -0.15) is 0 Å². The molecular formula is C22H16FN3O3S2. The SMILES string of the molecule is O=C(CSc1cccc(O)c1)Nc1ccc2nc(NC(=O)c3ccc(F)cc3)sc2c1. The van der Waals surface area contributed by atoms with Crippen LogP contribution in [0.3, 0.4) is 0 Å². The number of fused-ring (bicyclic) bond motifs is 1. The van der Waals surface area contributed by atoms with Gasteiger partial charge in [-0.3, -0.25) is 14.9 Å². The van der Waals surface area contributed by atoms with E-state index in [1.807, 2.05) is 6.07 Å². The number of halogens is 1. The molecule has 4 aromatic rings. The molecule has 2 amide bonds. The largest absolute Gasteiger partial charge is 0.508 e. The van der Waals surface area contributed by atoms with Gasteiger partial charge in [0.25, 0.3) is 5.91 Å². The molecule has 3 N–H and O–H groups in total. The highest BCUT2D eigenvalue weighted by Crippen LogP contribution is 2.29. The van der Waals surface area contributed by atoms with E-state index in [0.717, 1.165) is 9.60 Å². The van der Waals surface area contributed by atoms with Gasteiger partial charge < -0.3 is 10.4 Å². The van der Waals surface area contributed by atoms with Crippen LogP contribution in [0.15, 0.2) is 71.6 Å². The molecule has 156 valence electrons. The van der Waals surface area contributed by atoms with Crippen molar-refractivity contribution in [1.29, 1.82) is 0 Å². The average molecular weight is 454 g/mol. The number of hydrogen-bond donors (Lipinski definition) is 3. The van der Waals surface area contributed by atoms with Crippen molar-refractivity contribution in [2.24, 2.45) is 0 Å². The fraction of sp³-hybridized carbons (Fsp3) is 0.0455. The number of carbonyl (C=O) groups is 2. The first kappa shape index (κ1) is 20.8. The minimum atomic E-state index is -0.411. The third kappa shape index (κ3) is 5.39. The fourth-order valence-corrected chi connectivity index (χ4v) is 4.39. The van der Waals surface area contributed by atoms with Crippen LogP contribution in [-0.2, 0) is 4.79 Å². The van der Waals surface area contributed by atoms with Gasteiger partial charge in [-0.1, -0.05) is 17.4 Å². The number of aromatic hydroxyl groups is 1. The maximum atomic E-state index is 13.0. The summed E-state index contributed by atoms with van der Waals surface area (Å²) < 4.78 is 13.8. The third-order valence-corrected chi connectivity index (χ3v) is 6.11. The zero-order chi connectivity index (χ0) is 21.8. The van der Waals surface area contributed by atoms with Gasteiger partial charge in [0.1, 0.15) is 11.6 Å². The van der Waals surface area contributed by atoms with Crippen LogP contribution in [0, 0.1) is 5.82 Å². The molecule has 0 bridgehead atoms. The molecule has 0 aliphatic heterocycles. The fourth-order valence-electron chi connectivity index (χ4n) is 2.75. The van der Waals surface area contributed by atoms with Crippen molar-refractivity contribution in [3.63, 3.8) is 0 Å². The number of benzene rings is 3. The molecule has 0 aliphatic carbocycles. The van der Waals surface area contributed by atoms with Gasteiger partial charge >= 0.3 is 0 Å². The second kappa shape index (κ2) is 9.15. The molecule has 0 saturated heterocycles. The Morgan fingerprint density at radius 1 is 1.03 bits per heavy atom. The van der Waals surface area contributed by atoms with Crippen molar-refractivity contribution in [2.75, 3.05) is 16.4 Å². The summed E-state index contributed by atoms with van der Waals surface area (Å²) in [5, 5.41) is 15.4. The van der Waals surface area contributed by atoms with Crippen LogP contribution in [0.5, 0.6) is 5.75 Å². The van der Waals surface area contributed by atoms with E-state index in [1.165, 1.54) is 47.4 Å². The number of carbonyl (C=O) groups excluding carboxylic acids is 2. The first-order valence-corrected chi connectivity index (χ1v) is 11.0. The van der Waals surface area contributed by atoms with Crippen LogP contribution < -0.4 is 10.6 Å². The van der Waals surface area contributed by atoms with E-state index in [2.05, 4.69) is 15.6 Å². The molecule has 31 heavy (non-hydrogen) atoms. The number of amides is 2. The normalized spacial score (nSPS) is 10.7. The topological polar surface area (TPSA) is 91.3 Å². The molecule has 0 spiro atoms. The number of phenols is 1. The zero-order valence-electron chi connectivity index (χ0n) is 16.0. The molecule has 0 saturated carbocycles. The smallest absolute Gasteiger partial charge is 0.257 e. The van der Waals surface area contributed by atoms with Crippen molar-refractivity contribution in [3.8, 4) is 5.75 Å². The minimum absolute atomic E-state index is 0.156. The van der Waals surface area contributed by atoms with E-state index < -0.39 is 5.82 Å². The lowest BCUT2D eigenvalue weighted by molar-refractivity contribution is -0.113. The molecule has 0 aliphatic rings. The van der Waals surface area contributed by atoms with Gasteiger partial charge in [0.15, 0.2) is 5.13 Å². The van der Waals surface area contributed by atoms with E-state index in [-0.39, 0.29) is 23.3 Å². The standard InChI is InChI=1S/C22H16FN3O3S2/c23-14-6-4-13(5-7-14)21(29)26-22-25-18-9-8-15(10-19(18)31-22)24-20(28)12-30-17-3-1-2-16(27)11-17/h1-11,27H,12H2,(H,24,28)(H,25,26,29). The predicted octanol–water partition coefficient (Wildman–Crippen LogP) is 5.12. The summed E-state index contributed by atoms with van der Waals surface area (Å²) in [7, 11) is 0. The Labute approximate surface area is 185 Å². The maximum absolute atomic E-state index is 13.0. The Kier molecular flexibility index (Phi) is 6.15. The van der Waals surface area contributed by atoms with E-state index in [0.29, 0.717) is 21.9 Å². The summed E-state index contributed by atoms with van der Waals surface area (Å²) >= 11 is 2.60. The molecule has 4 rings (SSSR count). The lowest BCUT2D eigenvalue weighted by Gasteiger charge is -2.05. The van der Waals surface area contributed by atoms with Crippen molar-refractivity contribution >= 4 is 55.9 Å². The Morgan fingerprint density at radius 3 is 2.61 bits per heavy atom. The molecule has 6 nitrogen and oxygen atoms in total. The molecule has 1 aromatic heterocycles. The summed E-state index contributed by atoms with van der Waals surface area (Å²) in [5.41, 5.74) is 1.64. The van der Waals surface area contributed by atoms with Crippen LogP contribution in [0.25, 0.3) is 10.2 Å². The number of thioether (sulfide) groups is 1. The summed E-state index contributed by atoms with van der Waals surface area (Å²) in [4.78, 5) is 29.7. The number of thiazole rings is 1.